The molecule has 1 aromatic rings. The van der Waals surface area contributed by atoms with Gasteiger partial charge in [0, 0.05) is 18.5 Å². The molecule has 0 radical (unpaired) electrons. The predicted octanol–water partition coefficient (Wildman–Crippen LogP) is 2.57. The fraction of sp³-hybridized carbons (Fsp3) is 0.462. The van der Waals surface area contributed by atoms with E-state index < -0.39 is 0 Å². The standard InChI is InChI=1S/C13H17NO/c14-12-6-3-11(4-7-12)9-13(15)8-5-10-1-2-10/h3-4,6-7,10H,1-2,5,8-9,14H2. The molecule has 0 saturated heterocycles. The Balaban J connectivity index is 1.79. The van der Waals surface area contributed by atoms with Crippen LogP contribution in [0.2, 0.25) is 0 Å². The van der Waals surface area contributed by atoms with Gasteiger partial charge in [0.1, 0.15) is 5.78 Å². The van der Waals surface area contributed by atoms with Crippen molar-refractivity contribution in [1.82, 2.24) is 0 Å². The first-order valence-electron chi connectivity index (χ1n) is 5.60. The zero-order valence-electron chi connectivity index (χ0n) is 8.91. The van der Waals surface area contributed by atoms with Crippen molar-refractivity contribution >= 4 is 11.5 Å². The average molecular weight is 203 g/mol. The molecular formula is C13H17NO. The van der Waals surface area contributed by atoms with E-state index in [1.54, 1.807) is 0 Å². The van der Waals surface area contributed by atoms with Gasteiger partial charge in [0.2, 0.25) is 0 Å². The zero-order valence-corrected chi connectivity index (χ0v) is 8.91. The second-order valence-corrected chi connectivity index (χ2v) is 4.44. The molecule has 1 fully saturated rings. The highest BCUT2D eigenvalue weighted by Gasteiger charge is 2.21. The molecule has 0 aliphatic heterocycles. The molecule has 0 atom stereocenters. The molecule has 0 heterocycles. The summed E-state index contributed by atoms with van der Waals surface area (Å²) in [4.78, 5) is 11.6. The van der Waals surface area contributed by atoms with Crippen LogP contribution in [0.3, 0.4) is 0 Å². The van der Waals surface area contributed by atoms with Crippen LogP contribution in [0.15, 0.2) is 24.3 Å². The third-order valence-corrected chi connectivity index (χ3v) is 2.91. The lowest BCUT2D eigenvalue weighted by molar-refractivity contribution is -0.118. The summed E-state index contributed by atoms with van der Waals surface area (Å²) in [7, 11) is 0. The fourth-order valence-corrected chi connectivity index (χ4v) is 1.72. The van der Waals surface area contributed by atoms with Crippen LogP contribution in [0.4, 0.5) is 5.69 Å². The summed E-state index contributed by atoms with van der Waals surface area (Å²) in [5, 5.41) is 0. The van der Waals surface area contributed by atoms with Crippen LogP contribution >= 0.6 is 0 Å². The Kier molecular flexibility index (Phi) is 3.05. The Morgan fingerprint density at radius 1 is 1.27 bits per heavy atom. The molecule has 15 heavy (non-hydrogen) atoms. The number of nitrogen functional groups attached to an aromatic ring is 1. The summed E-state index contributed by atoms with van der Waals surface area (Å²) in [5.74, 6) is 1.20. The lowest BCUT2D eigenvalue weighted by atomic mass is 10.0. The van der Waals surface area contributed by atoms with E-state index >= 15 is 0 Å². The molecule has 80 valence electrons. The number of rotatable bonds is 5. The van der Waals surface area contributed by atoms with Crippen molar-refractivity contribution in [2.45, 2.75) is 32.1 Å². The molecule has 2 rings (SSSR count). The Morgan fingerprint density at radius 3 is 2.53 bits per heavy atom. The van der Waals surface area contributed by atoms with Crippen LogP contribution in [-0.4, -0.2) is 5.78 Å². The Morgan fingerprint density at radius 2 is 1.93 bits per heavy atom. The van der Waals surface area contributed by atoms with Gasteiger partial charge in [-0.05, 0) is 30.0 Å². The number of carbonyl (C=O) groups excluding carboxylic acids is 1. The third-order valence-electron chi connectivity index (χ3n) is 2.91. The van der Waals surface area contributed by atoms with Gasteiger partial charge in [-0.2, -0.15) is 0 Å². The van der Waals surface area contributed by atoms with E-state index in [9.17, 15) is 4.79 Å². The topological polar surface area (TPSA) is 43.1 Å². The van der Waals surface area contributed by atoms with Gasteiger partial charge in [-0.15, -0.1) is 0 Å². The first-order valence-corrected chi connectivity index (χ1v) is 5.60. The average Bonchev–Trinajstić information content (AvgIpc) is 3.02. The highest BCUT2D eigenvalue weighted by molar-refractivity contribution is 5.80. The number of benzene rings is 1. The minimum Gasteiger partial charge on any atom is -0.399 e. The molecule has 1 aromatic carbocycles. The normalized spacial score (nSPS) is 15.2. The Hall–Kier alpha value is -1.31. The highest BCUT2D eigenvalue weighted by atomic mass is 16.1. The summed E-state index contributed by atoms with van der Waals surface area (Å²) in [6.45, 7) is 0. The van der Waals surface area contributed by atoms with Gasteiger partial charge in [0.05, 0.1) is 0 Å². The van der Waals surface area contributed by atoms with E-state index in [2.05, 4.69) is 0 Å². The van der Waals surface area contributed by atoms with Crippen LogP contribution in [-0.2, 0) is 11.2 Å². The number of hydrogen-bond donors (Lipinski definition) is 1. The van der Waals surface area contributed by atoms with Gasteiger partial charge in [0.25, 0.3) is 0 Å². The van der Waals surface area contributed by atoms with Crippen molar-refractivity contribution in [3.05, 3.63) is 29.8 Å². The van der Waals surface area contributed by atoms with Crippen molar-refractivity contribution in [3.8, 4) is 0 Å². The second-order valence-electron chi connectivity index (χ2n) is 4.44. The number of Topliss-reactive ketones (excluding diaryl/α,β-unsaturated/α-hetero) is 1. The van der Waals surface area contributed by atoms with Crippen molar-refractivity contribution in [3.63, 3.8) is 0 Å². The summed E-state index contributed by atoms with van der Waals surface area (Å²) in [6, 6.07) is 7.57. The molecule has 0 bridgehead atoms. The molecule has 0 spiro atoms. The second kappa shape index (κ2) is 4.47. The summed E-state index contributed by atoms with van der Waals surface area (Å²) < 4.78 is 0. The van der Waals surface area contributed by atoms with Crippen LogP contribution in [0.5, 0.6) is 0 Å². The SMILES string of the molecule is Nc1ccc(CC(=O)CCC2CC2)cc1. The number of nitrogens with two attached hydrogens (primary N) is 1. The predicted molar refractivity (Wildman–Crippen MR) is 61.5 cm³/mol. The number of hydrogen-bond acceptors (Lipinski definition) is 2. The highest BCUT2D eigenvalue weighted by Crippen LogP contribution is 2.33. The Bertz CT molecular complexity index is 338. The summed E-state index contributed by atoms with van der Waals surface area (Å²) >= 11 is 0. The smallest absolute Gasteiger partial charge is 0.137 e. The van der Waals surface area contributed by atoms with Gasteiger partial charge in [-0.3, -0.25) is 4.79 Å². The Labute approximate surface area is 90.5 Å². The van der Waals surface area contributed by atoms with Gasteiger partial charge < -0.3 is 5.73 Å². The van der Waals surface area contributed by atoms with Crippen LogP contribution in [0.25, 0.3) is 0 Å². The van der Waals surface area contributed by atoms with Crippen LogP contribution in [0, 0.1) is 5.92 Å². The molecule has 1 saturated carbocycles. The minimum atomic E-state index is 0.353. The van der Waals surface area contributed by atoms with Gasteiger partial charge in [0.15, 0.2) is 0 Å². The van der Waals surface area contributed by atoms with Crippen molar-refractivity contribution in [2.24, 2.45) is 5.92 Å². The van der Waals surface area contributed by atoms with Crippen LogP contribution in [0.1, 0.15) is 31.2 Å². The van der Waals surface area contributed by atoms with Gasteiger partial charge in [-0.1, -0.05) is 25.0 Å². The lowest BCUT2D eigenvalue weighted by Gasteiger charge is -2.01. The first-order chi connectivity index (χ1) is 7.24. The van der Waals surface area contributed by atoms with Crippen molar-refractivity contribution < 1.29 is 4.79 Å². The third kappa shape index (κ3) is 3.39. The van der Waals surface area contributed by atoms with Gasteiger partial charge in [-0.25, -0.2) is 0 Å². The van der Waals surface area contributed by atoms with E-state index in [4.69, 9.17) is 5.73 Å². The maximum atomic E-state index is 11.6. The van der Waals surface area contributed by atoms with E-state index in [0.29, 0.717) is 12.2 Å². The van der Waals surface area contributed by atoms with Crippen molar-refractivity contribution in [2.75, 3.05) is 5.73 Å². The van der Waals surface area contributed by atoms with Gasteiger partial charge >= 0.3 is 0 Å². The molecule has 2 heteroatoms. The molecule has 0 unspecified atom stereocenters. The quantitative estimate of drug-likeness (QED) is 0.747. The first kappa shape index (κ1) is 10.2. The number of ketones is 1. The maximum absolute atomic E-state index is 11.6. The molecule has 1 aliphatic rings. The molecule has 2 N–H and O–H groups in total. The minimum absolute atomic E-state index is 0.353. The number of anilines is 1. The van der Waals surface area contributed by atoms with E-state index in [1.165, 1.54) is 12.8 Å². The van der Waals surface area contributed by atoms with E-state index in [1.807, 2.05) is 24.3 Å². The van der Waals surface area contributed by atoms with E-state index in [0.717, 1.165) is 30.0 Å². The molecule has 1 aliphatic carbocycles. The largest absolute Gasteiger partial charge is 0.399 e. The molecule has 0 amide bonds. The zero-order chi connectivity index (χ0) is 10.7. The lowest BCUT2D eigenvalue weighted by Crippen LogP contribution is -2.03. The number of carbonyl (C=O) groups is 1. The summed E-state index contributed by atoms with van der Waals surface area (Å²) in [5.41, 5.74) is 7.41. The van der Waals surface area contributed by atoms with Crippen molar-refractivity contribution in [1.29, 1.82) is 0 Å². The molecule has 0 aromatic heterocycles. The fourth-order valence-electron chi connectivity index (χ4n) is 1.72. The van der Waals surface area contributed by atoms with E-state index in [-0.39, 0.29) is 0 Å². The molecular weight excluding hydrogens is 186 g/mol. The monoisotopic (exact) mass is 203 g/mol. The summed E-state index contributed by atoms with van der Waals surface area (Å²) in [6.07, 6.45) is 5.06. The van der Waals surface area contributed by atoms with Crippen LogP contribution < -0.4 is 5.73 Å². The maximum Gasteiger partial charge on any atom is 0.137 e. The molecule has 2 nitrogen and oxygen atoms in total.